The highest BCUT2D eigenvalue weighted by atomic mass is 35.5. The van der Waals surface area contributed by atoms with Gasteiger partial charge in [0.1, 0.15) is 0 Å². The molecular weight excluding hydrogens is 216 g/mol. The molecule has 0 atom stereocenters. The lowest BCUT2D eigenvalue weighted by Gasteiger charge is -2.02. The Bertz CT molecular complexity index is 482. The van der Waals surface area contributed by atoms with Gasteiger partial charge in [0.25, 0.3) is 5.89 Å². The lowest BCUT2D eigenvalue weighted by molar-refractivity contribution is 0.282. The minimum atomic E-state index is -0.114. The van der Waals surface area contributed by atoms with Gasteiger partial charge in [-0.2, -0.15) is 4.98 Å². The third-order valence-corrected chi connectivity index (χ3v) is 2.23. The molecule has 2 aromatic rings. The van der Waals surface area contributed by atoms with Crippen molar-refractivity contribution in [2.45, 2.75) is 13.5 Å². The molecule has 15 heavy (non-hydrogen) atoms. The van der Waals surface area contributed by atoms with E-state index in [0.29, 0.717) is 27.9 Å². The third-order valence-electron chi connectivity index (χ3n) is 2.00. The van der Waals surface area contributed by atoms with E-state index in [9.17, 15) is 0 Å². The number of nitrogens with zero attached hydrogens (tertiary/aromatic N) is 2. The number of halogens is 1. The number of aromatic nitrogens is 2. The summed E-state index contributed by atoms with van der Waals surface area (Å²) in [5.41, 5.74) is 1.38. The first-order chi connectivity index (χ1) is 7.20. The summed E-state index contributed by atoms with van der Waals surface area (Å²) >= 11 is 5.81. The monoisotopic (exact) mass is 224 g/mol. The van der Waals surface area contributed by atoms with E-state index in [1.165, 1.54) is 0 Å². The summed E-state index contributed by atoms with van der Waals surface area (Å²) in [6, 6.07) is 5.15. The minimum Gasteiger partial charge on any atom is -0.392 e. The standard InChI is InChI=1S/C10H9ClN2O2/c1-6-12-10(15-13-6)9-3-2-8(11)4-7(9)5-14/h2-4,14H,5H2,1H3. The number of hydrogen-bond donors (Lipinski definition) is 1. The number of hydrogen-bond acceptors (Lipinski definition) is 4. The molecule has 0 radical (unpaired) electrons. The second-order valence-electron chi connectivity index (χ2n) is 3.11. The van der Waals surface area contributed by atoms with Gasteiger partial charge in [-0.15, -0.1) is 0 Å². The van der Waals surface area contributed by atoms with Crippen LogP contribution in [0.5, 0.6) is 0 Å². The van der Waals surface area contributed by atoms with Crippen LogP contribution in [0.3, 0.4) is 0 Å². The third kappa shape index (κ3) is 2.00. The van der Waals surface area contributed by atoms with Gasteiger partial charge >= 0.3 is 0 Å². The number of rotatable bonds is 2. The van der Waals surface area contributed by atoms with Crippen LogP contribution >= 0.6 is 11.6 Å². The van der Waals surface area contributed by atoms with Crippen molar-refractivity contribution in [1.29, 1.82) is 0 Å². The molecule has 0 saturated heterocycles. The molecule has 1 aromatic carbocycles. The zero-order valence-electron chi connectivity index (χ0n) is 8.07. The SMILES string of the molecule is Cc1noc(-c2ccc(Cl)cc2CO)n1. The fraction of sp³-hybridized carbons (Fsp3) is 0.200. The first-order valence-corrected chi connectivity index (χ1v) is 4.78. The summed E-state index contributed by atoms with van der Waals surface area (Å²) in [4.78, 5) is 4.09. The Morgan fingerprint density at radius 1 is 1.47 bits per heavy atom. The van der Waals surface area contributed by atoms with Gasteiger partial charge in [0.2, 0.25) is 0 Å². The van der Waals surface area contributed by atoms with Gasteiger partial charge in [0, 0.05) is 10.6 Å². The van der Waals surface area contributed by atoms with Crippen molar-refractivity contribution in [3.63, 3.8) is 0 Å². The number of aliphatic hydroxyl groups is 1. The van der Waals surface area contributed by atoms with Crippen molar-refractivity contribution in [3.8, 4) is 11.5 Å². The lowest BCUT2D eigenvalue weighted by Crippen LogP contribution is -1.89. The van der Waals surface area contributed by atoms with Crippen LogP contribution < -0.4 is 0 Å². The molecule has 1 N–H and O–H groups in total. The summed E-state index contributed by atoms with van der Waals surface area (Å²) in [5, 5.41) is 13.4. The van der Waals surface area contributed by atoms with Gasteiger partial charge in [-0.3, -0.25) is 0 Å². The first kappa shape index (κ1) is 10.1. The maximum atomic E-state index is 9.16. The highest BCUT2D eigenvalue weighted by Gasteiger charge is 2.11. The van der Waals surface area contributed by atoms with E-state index in [1.54, 1.807) is 25.1 Å². The van der Waals surface area contributed by atoms with Gasteiger partial charge in [-0.05, 0) is 30.7 Å². The molecule has 4 nitrogen and oxygen atoms in total. The number of benzene rings is 1. The zero-order chi connectivity index (χ0) is 10.8. The van der Waals surface area contributed by atoms with Gasteiger partial charge in [-0.1, -0.05) is 16.8 Å². The van der Waals surface area contributed by atoms with Crippen LogP contribution in [0.15, 0.2) is 22.7 Å². The molecule has 0 spiro atoms. The fourth-order valence-corrected chi connectivity index (χ4v) is 1.50. The second kappa shape index (κ2) is 4.00. The van der Waals surface area contributed by atoms with E-state index in [-0.39, 0.29) is 6.61 Å². The lowest BCUT2D eigenvalue weighted by atomic mass is 10.1. The molecule has 0 aliphatic carbocycles. The van der Waals surface area contributed by atoms with Crippen molar-refractivity contribution in [3.05, 3.63) is 34.6 Å². The van der Waals surface area contributed by atoms with Crippen LogP contribution in [0.2, 0.25) is 5.02 Å². The Morgan fingerprint density at radius 3 is 2.87 bits per heavy atom. The second-order valence-corrected chi connectivity index (χ2v) is 3.54. The molecule has 0 aliphatic rings. The molecule has 2 rings (SSSR count). The van der Waals surface area contributed by atoms with Gasteiger partial charge in [0.05, 0.1) is 6.61 Å². The van der Waals surface area contributed by atoms with Crippen LogP contribution in [-0.2, 0) is 6.61 Å². The molecule has 1 aromatic heterocycles. The summed E-state index contributed by atoms with van der Waals surface area (Å²) in [6.07, 6.45) is 0. The molecule has 0 bridgehead atoms. The van der Waals surface area contributed by atoms with Crippen LogP contribution in [0.1, 0.15) is 11.4 Å². The topological polar surface area (TPSA) is 59.2 Å². The molecule has 1 heterocycles. The van der Waals surface area contributed by atoms with Gasteiger partial charge in [0.15, 0.2) is 5.82 Å². The zero-order valence-corrected chi connectivity index (χ0v) is 8.82. The normalized spacial score (nSPS) is 10.6. The highest BCUT2D eigenvalue weighted by molar-refractivity contribution is 6.30. The van der Waals surface area contributed by atoms with Crippen molar-refractivity contribution in [2.75, 3.05) is 0 Å². The Balaban J connectivity index is 2.52. The molecule has 78 valence electrons. The predicted octanol–water partition coefficient (Wildman–Crippen LogP) is 2.19. The average Bonchev–Trinajstić information content (AvgIpc) is 2.64. The number of aryl methyl sites for hydroxylation is 1. The maximum Gasteiger partial charge on any atom is 0.258 e. The molecule has 0 saturated carbocycles. The van der Waals surface area contributed by atoms with E-state index in [2.05, 4.69) is 10.1 Å². The van der Waals surface area contributed by atoms with E-state index < -0.39 is 0 Å². The van der Waals surface area contributed by atoms with Crippen molar-refractivity contribution < 1.29 is 9.63 Å². The predicted molar refractivity (Wildman–Crippen MR) is 55.4 cm³/mol. The Hall–Kier alpha value is -1.39. The summed E-state index contributed by atoms with van der Waals surface area (Å²) < 4.78 is 5.02. The van der Waals surface area contributed by atoms with Crippen molar-refractivity contribution in [1.82, 2.24) is 10.1 Å². The quantitative estimate of drug-likeness (QED) is 0.850. The summed E-state index contributed by atoms with van der Waals surface area (Å²) in [6.45, 7) is 1.62. The van der Waals surface area contributed by atoms with Gasteiger partial charge in [-0.25, -0.2) is 0 Å². The average molecular weight is 225 g/mol. The van der Waals surface area contributed by atoms with Crippen molar-refractivity contribution in [2.24, 2.45) is 0 Å². The molecule has 0 unspecified atom stereocenters. The molecular formula is C10H9ClN2O2. The maximum absolute atomic E-state index is 9.16. The smallest absolute Gasteiger partial charge is 0.258 e. The van der Waals surface area contributed by atoms with Gasteiger partial charge < -0.3 is 9.63 Å². The Morgan fingerprint density at radius 2 is 2.27 bits per heavy atom. The fourth-order valence-electron chi connectivity index (χ4n) is 1.31. The van der Waals surface area contributed by atoms with Crippen LogP contribution in [0, 0.1) is 6.92 Å². The largest absolute Gasteiger partial charge is 0.392 e. The first-order valence-electron chi connectivity index (χ1n) is 4.40. The number of aliphatic hydroxyl groups excluding tert-OH is 1. The molecule has 0 fully saturated rings. The van der Waals surface area contributed by atoms with E-state index in [1.807, 2.05) is 0 Å². The molecule has 5 heteroatoms. The molecule has 0 aliphatic heterocycles. The van der Waals surface area contributed by atoms with Crippen LogP contribution in [0.25, 0.3) is 11.5 Å². The Labute approximate surface area is 91.5 Å². The highest BCUT2D eigenvalue weighted by Crippen LogP contribution is 2.25. The Kier molecular flexibility index (Phi) is 2.70. The van der Waals surface area contributed by atoms with Crippen LogP contribution in [0.4, 0.5) is 0 Å². The minimum absolute atomic E-state index is 0.114. The van der Waals surface area contributed by atoms with E-state index in [4.69, 9.17) is 21.2 Å². The summed E-state index contributed by atoms with van der Waals surface area (Å²) in [7, 11) is 0. The summed E-state index contributed by atoms with van der Waals surface area (Å²) in [5.74, 6) is 0.956. The molecule has 0 amide bonds. The van der Waals surface area contributed by atoms with E-state index in [0.717, 1.165) is 0 Å². The van der Waals surface area contributed by atoms with Crippen molar-refractivity contribution >= 4 is 11.6 Å². The van der Waals surface area contributed by atoms with Crippen LogP contribution in [-0.4, -0.2) is 15.2 Å². The van der Waals surface area contributed by atoms with E-state index >= 15 is 0 Å².